The van der Waals surface area contributed by atoms with Crippen molar-refractivity contribution >= 4 is 22.7 Å². The maximum Gasteiger partial charge on any atom is 0.387 e. The van der Waals surface area contributed by atoms with Gasteiger partial charge in [0.1, 0.15) is 17.3 Å². The molecule has 0 radical (unpaired) electrons. The number of rotatable bonds is 3. The highest BCUT2D eigenvalue weighted by atomic mass is 19.3. The molecule has 4 aromatic rings. The Morgan fingerprint density at radius 2 is 1.92 bits per heavy atom. The van der Waals surface area contributed by atoms with E-state index in [1.165, 1.54) is 6.07 Å². The first kappa shape index (κ1) is 21.2. The Bertz CT molecular complexity index is 1610. The summed E-state index contributed by atoms with van der Waals surface area (Å²) in [6, 6.07) is 11.9. The number of amides is 1. The van der Waals surface area contributed by atoms with Crippen LogP contribution in [0.4, 0.5) is 8.78 Å². The van der Waals surface area contributed by atoms with Crippen molar-refractivity contribution in [2.24, 2.45) is 0 Å². The van der Waals surface area contributed by atoms with Crippen molar-refractivity contribution in [3.63, 3.8) is 0 Å². The molecule has 7 nitrogen and oxygen atoms in total. The lowest BCUT2D eigenvalue weighted by Gasteiger charge is -2.24. The molecule has 0 unspecified atom stereocenters. The summed E-state index contributed by atoms with van der Waals surface area (Å²) in [5, 5.41) is 0. The number of hydrogen-bond acceptors (Lipinski definition) is 5. The van der Waals surface area contributed by atoms with Crippen LogP contribution in [0.15, 0.2) is 48.7 Å². The second-order valence-electron chi connectivity index (χ2n) is 9.48. The van der Waals surface area contributed by atoms with Gasteiger partial charge in [-0.05, 0) is 47.9 Å². The Hall–Kier alpha value is -4.14. The van der Waals surface area contributed by atoms with E-state index >= 15 is 0 Å². The molecule has 2 atom stereocenters. The molecule has 0 saturated carbocycles. The zero-order valence-electron chi connectivity index (χ0n) is 19.2. The second-order valence-corrected chi connectivity index (χ2v) is 9.48. The molecule has 180 valence electrons. The van der Waals surface area contributed by atoms with E-state index < -0.39 is 6.61 Å². The number of aryl methyl sites for hydroxylation is 1. The van der Waals surface area contributed by atoms with Crippen LogP contribution in [-0.4, -0.2) is 44.8 Å². The fourth-order valence-corrected chi connectivity index (χ4v) is 5.94. The molecular weight excluding hydrogens is 466 g/mol. The maximum absolute atomic E-state index is 13.3. The molecule has 2 bridgehead atoms. The van der Waals surface area contributed by atoms with Crippen molar-refractivity contribution in [2.45, 2.75) is 38.0 Å². The molecule has 0 spiro atoms. The van der Waals surface area contributed by atoms with E-state index in [-0.39, 0.29) is 29.5 Å². The number of hydrogen-bond donors (Lipinski definition) is 0. The fraction of sp³-hybridized carbons (Fsp3) is 0.259. The van der Waals surface area contributed by atoms with Crippen LogP contribution in [0.2, 0.25) is 0 Å². The number of ketones is 1. The van der Waals surface area contributed by atoms with Gasteiger partial charge in [-0.1, -0.05) is 12.1 Å². The van der Waals surface area contributed by atoms with Crippen molar-refractivity contribution in [1.29, 1.82) is 0 Å². The molecule has 0 fully saturated rings. The van der Waals surface area contributed by atoms with Gasteiger partial charge in [-0.2, -0.15) is 8.78 Å². The molecular formula is C27H20F2N4O3. The van der Waals surface area contributed by atoms with Gasteiger partial charge in [0, 0.05) is 42.8 Å². The van der Waals surface area contributed by atoms with E-state index in [0.29, 0.717) is 36.1 Å². The fourth-order valence-electron chi connectivity index (χ4n) is 5.94. The third-order valence-corrected chi connectivity index (χ3v) is 7.59. The molecule has 2 aliphatic heterocycles. The van der Waals surface area contributed by atoms with Crippen LogP contribution in [0.5, 0.6) is 5.75 Å². The van der Waals surface area contributed by atoms with Crippen LogP contribution in [0.1, 0.15) is 62.7 Å². The highest BCUT2D eigenvalue weighted by molar-refractivity contribution is 5.99. The number of fused-ring (bicyclic) bond motifs is 10. The summed E-state index contributed by atoms with van der Waals surface area (Å²) in [7, 11) is 1.72. The van der Waals surface area contributed by atoms with Gasteiger partial charge < -0.3 is 14.2 Å². The number of carbonyl (C=O) groups is 2. The van der Waals surface area contributed by atoms with Gasteiger partial charge in [0.05, 0.1) is 23.1 Å². The first-order chi connectivity index (χ1) is 17.4. The first-order valence-electron chi connectivity index (χ1n) is 11.8. The molecule has 9 heteroatoms. The number of benzene rings is 2. The van der Waals surface area contributed by atoms with Gasteiger partial charge in [0.2, 0.25) is 0 Å². The van der Waals surface area contributed by atoms with Gasteiger partial charge >= 0.3 is 6.61 Å². The highest BCUT2D eigenvalue weighted by Crippen LogP contribution is 2.50. The number of carbonyl (C=O) groups excluding carboxylic acids is 2. The van der Waals surface area contributed by atoms with Gasteiger partial charge in [-0.15, -0.1) is 0 Å². The van der Waals surface area contributed by atoms with Crippen LogP contribution >= 0.6 is 0 Å². The third kappa shape index (κ3) is 2.88. The molecule has 0 saturated heterocycles. The number of halogens is 2. The van der Waals surface area contributed by atoms with Gasteiger partial charge in [-0.3, -0.25) is 14.6 Å². The molecule has 7 rings (SSSR count). The summed E-state index contributed by atoms with van der Waals surface area (Å²) in [5.74, 6) is 0.560. The monoisotopic (exact) mass is 486 g/mol. The summed E-state index contributed by atoms with van der Waals surface area (Å²) in [5.41, 5.74) is 5.72. The van der Waals surface area contributed by atoms with E-state index in [9.17, 15) is 18.4 Å². The van der Waals surface area contributed by atoms with Crippen molar-refractivity contribution in [3.8, 4) is 16.9 Å². The molecule has 4 heterocycles. The van der Waals surface area contributed by atoms with Crippen LogP contribution < -0.4 is 4.74 Å². The quantitative estimate of drug-likeness (QED) is 0.410. The number of pyridine rings is 1. The summed E-state index contributed by atoms with van der Waals surface area (Å²) < 4.78 is 33.5. The van der Waals surface area contributed by atoms with Gasteiger partial charge in [-0.25, -0.2) is 4.98 Å². The first-order valence-corrected chi connectivity index (χ1v) is 11.8. The van der Waals surface area contributed by atoms with Crippen molar-refractivity contribution in [2.75, 3.05) is 7.05 Å². The number of ether oxygens (including phenoxy) is 1. The second kappa shape index (κ2) is 7.43. The topological polar surface area (TPSA) is 77.3 Å². The summed E-state index contributed by atoms with van der Waals surface area (Å²) >= 11 is 0. The molecule has 3 aliphatic rings. The molecule has 1 aliphatic carbocycles. The summed E-state index contributed by atoms with van der Waals surface area (Å²) in [6.07, 6.45) is 3.40. The maximum atomic E-state index is 13.3. The Balaban J connectivity index is 1.42. The third-order valence-electron chi connectivity index (χ3n) is 7.59. The van der Waals surface area contributed by atoms with E-state index in [1.807, 2.05) is 28.8 Å². The number of aromatic nitrogens is 3. The lowest BCUT2D eigenvalue weighted by molar-refractivity contribution is -0.0507. The number of alkyl halides is 2. The standard InChI is InChI=1S/C27H20F2N4O3/c1-32-20-11-19(23-16(26(32)35)3-2-4-22(23)36-27(28)29)33-18-10-13(5-7-17(18)31-25(20)33)15-9-14-6-8-21(34)24(14)30-12-15/h2-5,7,9-10,12,19-20,27H,6,8,11H2,1H3/t19-,20-/m1/s1. The van der Waals surface area contributed by atoms with Crippen LogP contribution in [0.25, 0.3) is 22.2 Å². The lowest BCUT2D eigenvalue weighted by Crippen LogP contribution is -2.30. The Labute approximate surface area is 204 Å². The SMILES string of the molecule is CN1C(=O)c2cccc(OC(F)F)c2[C@H]2C[C@@H]1c1nc3ccc(-c4cnc5c(c4)CCC5=O)cc3n12. The normalized spacial score (nSPS) is 20.1. The summed E-state index contributed by atoms with van der Waals surface area (Å²) in [4.78, 5) is 36.2. The van der Waals surface area contributed by atoms with Crippen LogP contribution in [-0.2, 0) is 6.42 Å². The average Bonchev–Trinajstić information content (AvgIpc) is 3.52. The van der Waals surface area contributed by atoms with E-state index in [2.05, 4.69) is 4.98 Å². The minimum absolute atomic E-state index is 0.00763. The Morgan fingerprint density at radius 1 is 1.06 bits per heavy atom. The smallest absolute Gasteiger partial charge is 0.387 e. The highest BCUT2D eigenvalue weighted by Gasteiger charge is 2.45. The number of Topliss-reactive ketones (excluding diaryl/α,β-unsaturated/α-hetero) is 1. The number of imidazole rings is 1. The zero-order valence-corrected chi connectivity index (χ0v) is 19.2. The van der Waals surface area contributed by atoms with Crippen molar-refractivity contribution in [3.05, 3.63) is 76.9 Å². The van der Waals surface area contributed by atoms with Gasteiger partial charge in [0.25, 0.3) is 5.91 Å². The zero-order chi connectivity index (χ0) is 24.7. The lowest BCUT2D eigenvalue weighted by atomic mass is 9.97. The predicted octanol–water partition coefficient (Wildman–Crippen LogP) is 4.95. The molecule has 0 N–H and O–H groups in total. The average molecular weight is 486 g/mol. The van der Waals surface area contributed by atoms with Gasteiger partial charge in [0.15, 0.2) is 5.78 Å². The Morgan fingerprint density at radius 3 is 2.75 bits per heavy atom. The largest absolute Gasteiger partial charge is 0.434 e. The summed E-state index contributed by atoms with van der Waals surface area (Å²) in [6.45, 7) is -3.01. The molecule has 2 aromatic heterocycles. The van der Waals surface area contributed by atoms with Crippen molar-refractivity contribution < 1.29 is 23.1 Å². The minimum Gasteiger partial charge on any atom is -0.434 e. The number of nitrogens with zero attached hydrogens (tertiary/aromatic N) is 4. The van der Waals surface area contributed by atoms with E-state index in [0.717, 1.165) is 33.5 Å². The van der Waals surface area contributed by atoms with Crippen LogP contribution in [0, 0.1) is 0 Å². The van der Waals surface area contributed by atoms with Crippen molar-refractivity contribution in [1.82, 2.24) is 19.4 Å². The molecule has 36 heavy (non-hydrogen) atoms. The van der Waals surface area contributed by atoms with Crippen LogP contribution in [0.3, 0.4) is 0 Å². The van der Waals surface area contributed by atoms with E-state index in [1.54, 1.807) is 30.3 Å². The minimum atomic E-state index is -3.01. The Kier molecular flexibility index (Phi) is 4.37. The van der Waals surface area contributed by atoms with E-state index in [4.69, 9.17) is 9.72 Å². The predicted molar refractivity (Wildman–Crippen MR) is 126 cm³/mol. The molecule has 1 amide bonds. The molecule has 2 aromatic carbocycles.